The predicted octanol–water partition coefficient (Wildman–Crippen LogP) is 3.41. The van der Waals surface area contributed by atoms with E-state index in [0.29, 0.717) is 0 Å². The average molecular weight is 338 g/mol. The van der Waals surface area contributed by atoms with E-state index in [1.165, 1.54) is 11.3 Å². The van der Waals surface area contributed by atoms with Gasteiger partial charge in [0, 0.05) is 49.4 Å². The second-order valence-corrected chi connectivity index (χ2v) is 6.61. The van der Waals surface area contributed by atoms with Crippen molar-refractivity contribution >= 4 is 11.8 Å². The number of hydrogen-bond donors (Lipinski definition) is 0. The lowest BCUT2D eigenvalue weighted by molar-refractivity contribution is 0.234. The molecule has 122 valence electrons. The topological polar surface area (TPSA) is 55.1 Å². The third-order valence-corrected chi connectivity index (χ3v) is 4.74. The molecule has 1 aliphatic rings. The summed E-state index contributed by atoms with van der Waals surface area (Å²) in [4.78, 5) is 11.4. The standard InChI is InChI=1S/C18H18N4OS/c1-24-18-19-10-14-11-22(8-7-16(14)20-18)12-15-9-17(23-21-15)13-5-3-2-4-6-13/h2-6,9-10H,7-8,11-12H2,1H3. The van der Waals surface area contributed by atoms with Crippen molar-refractivity contribution in [3.63, 3.8) is 0 Å². The summed E-state index contributed by atoms with van der Waals surface area (Å²) in [6, 6.07) is 12.1. The van der Waals surface area contributed by atoms with Gasteiger partial charge in [-0.1, -0.05) is 47.3 Å². The van der Waals surface area contributed by atoms with Gasteiger partial charge in [-0.3, -0.25) is 4.90 Å². The molecule has 5 nitrogen and oxygen atoms in total. The zero-order chi connectivity index (χ0) is 16.4. The van der Waals surface area contributed by atoms with E-state index in [1.54, 1.807) is 11.8 Å². The number of aromatic nitrogens is 3. The fourth-order valence-electron chi connectivity index (χ4n) is 2.94. The van der Waals surface area contributed by atoms with Crippen LogP contribution in [0.15, 0.2) is 52.3 Å². The molecule has 24 heavy (non-hydrogen) atoms. The predicted molar refractivity (Wildman–Crippen MR) is 93.6 cm³/mol. The van der Waals surface area contributed by atoms with E-state index in [4.69, 9.17) is 4.52 Å². The highest BCUT2D eigenvalue weighted by Gasteiger charge is 2.19. The summed E-state index contributed by atoms with van der Waals surface area (Å²) in [5, 5.41) is 5.07. The fourth-order valence-corrected chi connectivity index (χ4v) is 3.30. The molecule has 1 aliphatic heterocycles. The Morgan fingerprint density at radius 3 is 2.96 bits per heavy atom. The summed E-state index contributed by atoms with van der Waals surface area (Å²) >= 11 is 1.59. The monoisotopic (exact) mass is 338 g/mol. The number of nitrogens with zero attached hydrogens (tertiary/aromatic N) is 4. The van der Waals surface area contributed by atoms with Crippen molar-refractivity contribution in [2.45, 2.75) is 24.7 Å². The zero-order valence-corrected chi connectivity index (χ0v) is 14.3. The lowest BCUT2D eigenvalue weighted by Crippen LogP contribution is -2.31. The molecule has 0 radical (unpaired) electrons. The Morgan fingerprint density at radius 2 is 2.12 bits per heavy atom. The quantitative estimate of drug-likeness (QED) is 0.537. The molecule has 0 N–H and O–H groups in total. The summed E-state index contributed by atoms with van der Waals surface area (Å²) < 4.78 is 5.49. The third-order valence-electron chi connectivity index (χ3n) is 4.18. The van der Waals surface area contributed by atoms with Gasteiger partial charge in [-0.25, -0.2) is 9.97 Å². The molecule has 0 spiro atoms. The van der Waals surface area contributed by atoms with Crippen LogP contribution >= 0.6 is 11.8 Å². The Morgan fingerprint density at radius 1 is 1.25 bits per heavy atom. The Bertz CT molecular complexity index is 834. The maximum absolute atomic E-state index is 5.49. The minimum Gasteiger partial charge on any atom is -0.356 e. The highest BCUT2D eigenvalue weighted by molar-refractivity contribution is 7.98. The minimum absolute atomic E-state index is 0.778. The SMILES string of the molecule is CSc1ncc2c(n1)CCN(Cc1cc(-c3ccccc3)on1)C2. The second kappa shape index (κ2) is 6.75. The van der Waals surface area contributed by atoms with E-state index in [-0.39, 0.29) is 0 Å². The van der Waals surface area contributed by atoms with Crippen molar-refractivity contribution < 1.29 is 4.52 Å². The van der Waals surface area contributed by atoms with Crippen LogP contribution in [0.25, 0.3) is 11.3 Å². The number of hydrogen-bond acceptors (Lipinski definition) is 6. The molecule has 4 rings (SSSR count). The van der Waals surface area contributed by atoms with Gasteiger partial charge >= 0.3 is 0 Å². The molecule has 0 fully saturated rings. The molecule has 0 saturated heterocycles. The van der Waals surface area contributed by atoms with Crippen LogP contribution in [0.5, 0.6) is 0 Å². The molecule has 0 atom stereocenters. The molecule has 3 heterocycles. The van der Waals surface area contributed by atoms with Gasteiger partial charge < -0.3 is 4.52 Å². The lowest BCUT2D eigenvalue weighted by atomic mass is 10.1. The van der Waals surface area contributed by atoms with Crippen LogP contribution in [-0.4, -0.2) is 32.8 Å². The summed E-state index contributed by atoms with van der Waals surface area (Å²) in [6.07, 6.45) is 4.92. The maximum atomic E-state index is 5.49. The Labute approximate surface area is 145 Å². The molecular weight excluding hydrogens is 320 g/mol. The van der Waals surface area contributed by atoms with Crippen LogP contribution in [-0.2, 0) is 19.5 Å². The molecule has 1 aromatic carbocycles. The van der Waals surface area contributed by atoms with Gasteiger partial charge in [0.25, 0.3) is 0 Å². The van der Waals surface area contributed by atoms with Crippen LogP contribution in [0.2, 0.25) is 0 Å². The first-order valence-electron chi connectivity index (χ1n) is 7.94. The summed E-state index contributed by atoms with van der Waals surface area (Å²) in [7, 11) is 0. The first-order chi connectivity index (χ1) is 11.8. The second-order valence-electron chi connectivity index (χ2n) is 5.84. The number of fused-ring (bicyclic) bond motifs is 1. The number of thioether (sulfide) groups is 1. The van der Waals surface area contributed by atoms with Crippen LogP contribution < -0.4 is 0 Å². The van der Waals surface area contributed by atoms with Crippen LogP contribution in [0.1, 0.15) is 17.0 Å². The van der Waals surface area contributed by atoms with E-state index in [2.05, 4.69) is 20.0 Å². The summed E-state index contributed by atoms with van der Waals surface area (Å²) in [5.74, 6) is 0.816. The van der Waals surface area contributed by atoms with Gasteiger partial charge in [0.2, 0.25) is 0 Å². The van der Waals surface area contributed by atoms with Crippen molar-refractivity contribution in [1.82, 2.24) is 20.0 Å². The van der Waals surface area contributed by atoms with Gasteiger partial charge in [-0.2, -0.15) is 0 Å². The molecule has 6 heteroatoms. The molecule has 0 saturated carbocycles. The van der Waals surface area contributed by atoms with E-state index >= 15 is 0 Å². The van der Waals surface area contributed by atoms with E-state index < -0.39 is 0 Å². The largest absolute Gasteiger partial charge is 0.356 e. The number of rotatable bonds is 4. The highest BCUT2D eigenvalue weighted by atomic mass is 32.2. The Kier molecular flexibility index (Phi) is 4.32. The zero-order valence-electron chi connectivity index (χ0n) is 13.5. The highest BCUT2D eigenvalue weighted by Crippen LogP contribution is 2.23. The van der Waals surface area contributed by atoms with Crippen molar-refractivity contribution in [1.29, 1.82) is 0 Å². The first-order valence-corrected chi connectivity index (χ1v) is 9.16. The molecule has 0 bridgehead atoms. The summed E-state index contributed by atoms with van der Waals surface area (Å²) in [6.45, 7) is 2.61. The Hall–Kier alpha value is -2.18. The summed E-state index contributed by atoms with van der Waals surface area (Å²) in [5.41, 5.74) is 4.40. The smallest absolute Gasteiger partial charge is 0.187 e. The maximum Gasteiger partial charge on any atom is 0.187 e. The van der Waals surface area contributed by atoms with Crippen LogP contribution in [0.4, 0.5) is 0 Å². The normalized spacial score (nSPS) is 14.5. The van der Waals surface area contributed by atoms with E-state index in [1.807, 2.05) is 48.9 Å². The van der Waals surface area contributed by atoms with E-state index in [9.17, 15) is 0 Å². The third kappa shape index (κ3) is 3.20. The molecular formula is C18H18N4OS. The fraction of sp³-hybridized carbons (Fsp3) is 0.278. The van der Waals surface area contributed by atoms with Crippen LogP contribution in [0, 0.1) is 0 Å². The van der Waals surface area contributed by atoms with Crippen molar-refractivity contribution in [2.75, 3.05) is 12.8 Å². The van der Waals surface area contributed by atoms with Crippen molar-refractivity contribution in [3.05, 3.63) is 59.5 Å². The van der Waals surface area contributed by atoms with Gasteiger partial charge in [-0.05, 0) is 6.26 Å². The minimum atomic E-state index is 0.778. The van der Waals surface area contributed by atoms with Gasteiger partial charge in [0.1, 0.15) is 0 Å². The molecule has 0 unspecified atom stereocenters. The molecule has 3 aromatic rings. The first kappa shape index (κ1) is 15.4. The molecule has 2 aromatic heterocycles. The van der Waals surface area contributed by atoms with Gasteiger partial charge in [0.05, 0.1) is 11.4 Å². The molecule has 0 amide bonds. The van der Waals surface area contributed by atoms with Crippen molar-refractivity contribution in [2.24, 2.45) is 0 Å². The van der Waals surface area contributed by atoms with Crippen LogP contribution in [0.3, 0.4) is 0 Å². The van der Waals surface area contributed by atoms with E-state index in [0.717, 1.165) is 48.2 Å². The lowest BCUT2D eigenvalue weighted by Gasteiger charge is -2.27. The average Bonchev–Trinajstić information content (AvgIpc) is 3.10. The Balaban J connectivity index is 1.46. The number of benzene rings is 1. The van der Waals surface area contributed by atoms with Gasteiger partial charge in [0.15, 0.2) is 10.9 Å². The van der Waals surface area contributed by atoms with Gasteiger partial charge in [-0.15, -0.1) is 0 Å². The van der Waals surface area contributed by atoms with Crippen molar-refractivity contribution in [3.8, 4) is 11.3 Å². The molecule has 0 aliphatic carbocycles.